The number of rotatable bonds is 6. The van der Waals surface area contributed by atoms with Crippen LogP contribution in [0.3, 0.4) is 0 Å². The first-order chi connectivity index (χ1) is 15.0. The number of likely N-dealkylation sites (tertiary alicyclic amines) is 4. The van der Waals surface area contributed by atoms with Crippen LogP contribution in [0, 0.1) is 6.92 Å². The molecular weight excluding hydrogens is 440 g/mol. The first kappa shape index (κ1) is 29.9. The predicted octanol–water partition coefficient (Wildman–Crippen LogP) is 2.08. The standard InChI is InChI=1S/2C11H22N2O.C3H5.Cr/c2*1-12-6-2-4-10(12)8-13-7-3-5-11(13)9-14;1-3-2;/h2*10-11,14H,2-9H2,1H3;3H,1-2H2;/q;;-1;/t2*10-,11-;;/m00../s1. The second kappa shape index (κ2) is 16.5. The fourth-order valence-electron chi connectivity index (χ4n) is 5.65. The quantitative estimate of drug-likeness (QED) is 0.558. The summed E-state index contributed by atoms with van der Waals surface area (Å²) in [6.07, 6.45) is 11.8. The first-order valence-electron chi connectivity index (χ1n) is 12.5. The average molecular weight is 490 g/mol. The van der Waals surface area contributed by atoms with E-state index in [-0.39, 0.29) is 17.4 Å². The molecule has 0 aromatic rings. The fraction of sp³-hybridized carbons (Fsp3) is 0.880. The van der Waals surface area contributed by atoms with Gasteiger partial charge in [0, 0.05) is 54.6 Å². The Bertz CT molecular complexity index is 459. The number of allylic oxidation sites excluding steroid dienone is 1. The van der Waals surface area contributed by atoms with Gasteiger partial charge in [0.25, 0.3) is 0 Å². The number of nitrogens with zero attached hydrogens (tertiary/aromatic N) is 4. The van der Waals surface area contributed by atoms with Gasteiger partial charge < -0.3 is 20.0 Å². The van der Waals surface area contributed by atoms with E-state index >= 15 is 0 Å². The molecule has 4 atom stereocenters. The summed E-state index contributed by atoms with van der Waals surface area (Å²) in [6.45, 7) is 14.4. The van der Waals surface area contributed by atoms with Crippen LogP contribution in [-0.2, 0) is 17.4 Å². The Morgan fingerprint density at radius 2 is 1.03 bits per heavy atom. The van der Waals surface area contributed by atoms with Crippen molar-refractivity contribution in [2.75, 3.05) is 66.6 Å². The monoisotopic (exact) mass is 489 g/mol. The second-order valence-electron chi connectivity index (χ2n) is 9.79. The van der Waals surface area contributed by atoms with Crippen molar-refractivity contribution in [1.29, 1.82) is 0 Å². The molecule has 4 rings (SSSR count). The average Bonchev–Trinajstić information content (AvgIpc) is 3.55. The van der Waals surface area contributed by atoms with E-state index in [0.29, 0.717) is 25.3 Å². The van der Waals surface area contributed by atoms with E-state index in [0.717, 1.165) is 12.1 Å². The van der Waals surface area contributed by atoms with Crippen molar-refractivity contribution in [3.05, 3.63) is 19.6 Å². The fourth-order valence-corrected chi connectivity index (χ4v) is 5.65. The molecule has 4 fully saturated rings. The summed E-state index contributed by atoms with van der Waals surface area (Å²) in [5.74, 6) is 0. The summed E-state index contributed by atoms with van der Waals surface area (Å²) in [7, 11) is 4.45. The Kier molecular flexibility index (Phi) is 15.4. The first-order valence-corrected chi connectivity index (χ1v) is 12.5. The summed E-state index contributed by atoms with van der Waals surface area (Å²) < 4.78 is 0. The van der Waals surface area contributed by atoms with Crippen LogP contribution in [0.1, 0.15) is 51.4 Å². The minimum atomic E-state index is 0. The summed E-state index contributed by atoms with van der Waals surface area (Å²) in [5, 5.41) is 18.4. The van der Waals surface area contributed by atoms with Crippen LogP contribution in [0.4, 0.5) is 0 Å². The third-order valence-corrected chi connectivity index (χ3v) is 7.65. The SMILES string of the molecule is C=C[CH2-].CN1CCC[C@H]1CN1CCC[C@H]1CO.CN1CCC[C@H]1CN1CCC[C@H]1CO.[Cr]. The molecule has 0 radical (unpaired) electrons. The molecule has 0 aromatic carbocycles. The Morgan fingerprint density at radius 3 is 1.31 bits per heavy atom. The maximum Gasteiger partial charge on any atom is 0.0586 e. The summed E-state index contributed by atoms with van der Waals surface area (Å²) in [4.78, 5) is 9.89. The Balaban J connectivity index is 0.000000278. The number of aliphatic hydroxyl groups excluding tert-OH is 2. The van der Waals surface area contributed by atoms with Gasteiger partial charge in [-0.15, -0.1) is 0 Å². The van der Waals surface area contributed by atoms with Crippen LogP contribution in [0.5, 0.6) is 0 Å². The topological polar surface area (TPSA) is 53.4 Å². The van der Waals surface area contributed by atoms with Gasteiger partial charge in [0.1, 0.15) is 0 Å². The van der Waals surface area contributed by atoms with E-state index in [2.05, 4.69) is 47.2 Å². The minimum absolute atomic E-state index is 0. The predicted molar refractivity (Wildman–Crippen MR) is 130 cm³/mol. The number of aliphatic hydroxyl groups is 2. The molecule has 7 heteroatoms. The minimum Gasteiger partial charge on any atom is -0.395 e. The van der Waals surface area contributed by atoms with E-state index in [9.17, 15) is 10.2 Å². The van der Waals surface area contributed by atoms with E-state index in [4.69, 9.17) is 0 Å². The maximum absolute atomic E-state index is 9.22. The number of hydrogen-bond acceptors (Lipinski definition) is 6. The normalized spacial score (nSPS) is 31.5. The van der Waals surface area contributed by atoms with Gasteiger partial charge in [0.05, 0.1) is 13.2 Å². The Labute approximate surface area is 208 Å². The third kappa shape index (κ3) is 9.27. The molecule has 4 heterocycles. The molecule has 0 unspecified atom stereocenters. The van der Waals surface area contributed by atoms with Crippen molar-refractivity contribution < 1.29 is 27.6 Å². The van der Waals surface area contributed by atoms with Crippen LogP contribution in [0.15, 0.2) is 12.7 Å². The molecule has 0 aliphatic carbocycles. The molecule has 4 saturated heterocycles. The largest absolute Gasteiger partial charge is 0.395 e. The smallest absolute Gasteiger partial charge is 0.0586 e. The van der Waals surface area contributed by atoms with Gasteiger partial charge in [0.2, 0.25) is 0 Å². The van der Waals surface area contributed by atoms with Crippen LogP contribution in [-0.4, -0.2) is 121 Å². The van der Waals surface area contributed by atoms with E-state index in [1.54, 1.807) is 0 Å². The molecule has 188 valence electrons. The molecular formula is C25H49CrN4O2-. The van der Waals surface area contributed by atoms with E-state index in [1.165, 1.54) is 96.7 Å². The van der Waals surface area contributed by atoms with Crippen molar-refractivity contribution in [1.82, 2.24) is 19.6 Å². The molecule has 2 N–H and O–H groups in total. The van der Waals surface area contributed by atoms with Gasteiger partial charge in [0.15, 0.2) is 0 Å². The van der Waals surface area contributed by atoms with E-state index in [1.807, 2.05) is 0 Å². The Hall–Kier alpha value is -0.0975. The number of likely N-dealkylation sites (N-methyl/N-ethyl adjacent to an activating group) is 2. The number of hydrogen-bond donors (Lipinski definition) is 2. The van der Waals surface area contributed by atoms with E-state index < -0.39 is 0 Å². The maximum atomic E-state index is 9.22. The van der Waals surface area contributed by atoms with Gasteiger partial charge >= 0.3 is 0 Å². The van der Waals surface area contributed by atoms with Gasteiger partial charge in [-0.05, 0) is 91.6 Å². The van der Waals surface area contributed by atoms with Gasteiger partial charge in [-0.25, -0.2) is 19.6 Å². The summed E-state index contributed by atoms with van der Waals surface area (Å²) in [6, 6.07) is 2.37. The van der Waals surface area contributed by atoms with Crippen LogP contribution < -0.4 is 0 Å². The third-order valence-electron chi connectivity index (χ3n) is 7.65. The zero-order valence-electron chi connectivity index (χ0n) is 20.7. The molecule has 4 aliphatic rings. The van der Waals surface area contributed by atoms with Crippen molar-refractivity contribution in [2.45, 2.75) is 75.5 Å². The van der Waals surface area contributed by atoms with Crippen LogP contribution >= 0.6 is 0 Å². The summed E-state index contributed by atoms with van der Waals surface area (Å²) >= 11 is 0. The van der Waals surface area contributed by atoms with Crippen molar-refractivity contribution in [3.8, 4) is 0 Å². The van der Waals surface area contributed by atoms with Crippen molar-refractivity contribution in [3.63, 3.8) is 0 Å². The molecule has 4 aliphatic heterocycles. The van der Waals surface area contributed by atoms with Gasteiger partial charge in [-0.3, -0.25) is 9.80 Å². The zero-order chi connectivity index (χ0) is 22.6. The molecule has 0 spiro atoms. The van der Waals surface area contributed by atoms with Gasteiger partial charge in [-0.2, -0.15) is 0 Å². The molecule has 6 nitrogen and oxygen atoms in total. The van der Waals surface area contributed by atoms with Crippen LogP contribution in [0.2, 0.25) is 0 Å². The second-order valence-corrected chi connectivity index (χ2v) is 9.79. The molecule has 0 amide bonds. The molecule has 0 aromatic heterocycles. The molecule has 32 heavy (non-hydrogen) atoms. The zero-order valence-corrected chi connectivity index (χ0v) is 22.0. The van der Waals surface area contributed by atoms with Gasteiger partial charge in [-0.1, -0.05) is 0 Å². The van der Waals surface area contributed by atoms with Crippen LogP contribution in [0.25, 0.3) is 0 Å². The molecule has 0 bridgehead atoms. The van der Waals surface area contributed by atoms with Crippen molar-refractivity contribution >= 4 is 0 Å². The van der Waals surface area contributed by atoms with Crippen molar-refractivity contribution in [2.24, 2.45) is 0 Å². The molecule has 0 saturated carbocycles. The Morgan fingerprint density at radius 1 is 0.719 bits per heavy atom. The summed E-state index contributed by atoms with van der Waals surface area (Å²) in [5.41, 5.74) is 0.